The number of halogens is 5. The van der Waals surface area contributed by atoms with Crippen molar-refractivity contribution < 1.29 is 43.0 Å². The SMILES string of the molecule is [B+3].[F-].[F-].[F-].[F-].[F-].[Zn+2]. The molecule has 0 rings (SSSR count). The van der Waals surface area contributed by atoms with E-state index in [0.29, 0.717) is 0 Å². The van der Waals surface area contributed by atoms with Gasteiger partial charge in [0.05, 0.1) is 0 Å². The Hall–Kier alpha value is 0.338. The molecule has 7 heavy (non-hydrogen) atoms. The molecule has 0 nitrogen and oxygen atoms in total. The molecule has 0 aromatic carbocycles. The quantitative estimate of drug-likeness (QED) is 0.251. The van der Waals surface area contributed by atoms with Crippen molar-refractivity contribution >= 4 is 8.41 Å². The van der Waals surface area contributed by atoms with Gasteiger partial charge in [-0.3, -0.25) is 0 Å². The zero-order valence-corrected chi connectivity index (χ0v) is 6.14. The van der Waals surface area contributed by atoms with E-state index in [-0.39, 0.29) is 51.4 Å². The minimum absolute atomic E-state index is 0. The Balaban J connectivity index is 0. The first-order valence-corrected chi connectivity index (χ1v) is 0. The van der Waals surface area contributed by atoms with Crippen LogP contribution in [0.5, 0.6) is 0 Å². The van der Waals surface area contributed by atoms with Crippen molar-refractivity contribution in [1.82, 2.24) is 0 Å². The molecule has 0 aliphatic carbocycles. The monoisotopic (exact) mass is 170 g/mol. The number of rotatable bonds is 0. The molecule has 0 aliphatic rings. The van der Waals surface area contributed by atoms with E-state index < -0.39 is 0 Å². The van der Waals surface area contributed by atoms with Crippen LogP contribution in [-0.4, -0.2) is 8.41 Å². The van der Waals surface area contributed by atoms with Crippen molar-refractivity contribution in [2.24, 2.45) is 0 Å². The summed E-state index contributed by atoms with van der Waals surface area (Å²) < 4.78 is 0. The third-order valence-corrected chi connectivity index (χ3v) is 0. The van der Waals surface area contributed by atoms with Crippen molar-refractivity contribution in [3.8, 4) is 0 Å². The second-order valence-corrected chi connectivity index (χ2v) is 0. The predicted octanol–water partition coefficient (Wildman–Crippen LogP) is -15.4. The standard InChI is InChI=1S/B.5FH.Zn/h;5*1H;/q+3;;;;;;+2/p-5. The van der Waals surface area contributed by atoms with Gasteiger partial charge in [-0.05, 0) is 0 Å². The molecular weight excluding hydrogens is 171 g/mol. The molecule has 0 aliphatic heterocycles. The molecule has 0 N–H and O–H groups in total. The van der Waals surface area contributed by atoms with Crippen LogP contribution in [-0.2, 0) is 19.5 Å². The van der Waals surface area contributed by atoms with Crippen LogP contribution in [0.3, 0.4) is 0 Å². The molecule has 0 aromatic rings. The maximum atomic E-state index is 0. The molecule has 0 saturated heterocycles. The fraction of sp³-hybridized carbons (Fsp3) is 0. The molecule has 0 aromatic heterocycles. The fourth-order valence-corrected chi connectivity index (χ4v) is 0. The molecule has 0 spiro atoms. The molecule has 0 fully saturated rings. The van der Waals surface area contributed by atoms with Gasteiger partial charge in [0, 0.05) is 0 Å². The van der Waals surface area contributed by atoms with Crippen LogP contribution in [0.1, 0.15) is 0 Å². The van der Waals surface area contributed by atoms with Gasteiger partial charge >= 0.3 is 27.9 Å². The Kier molecular flexibility index (Phi) is 581000. The molecule has 0 atom stereocenters. The maximum Gasteiger partial charge on any atom is 3.00 e. The van der Waals surface area contributed by atoms with Crippen LogP contribution in [0, 0.1) is 0 Å². The van der Waals surface area contributed by atoms with Crippen LogP contribution >= 0.6 is 0 Å². The van der Waals surface area contributed by atoms with E-state index in [2.05, 4.69) is 0 Å². The normalized spacial score (nSPS) is 0. The molecule has 40 valence electrons. The smallest absolute Gasteiger partial charge is 1.00 e. The topological polar surface area (TPSA) is 0 Å². The summed E-state index contributed by atoms with van der Waals surface area (Å²) in [5, 5.41) is 0. The molecule has 0 amide bonds. The van der Waals surface area contributed by atoms with Gasteiger partial charge in [-0.25, -0.2) is 0 Å². The summed E-state index contributed by atoms with van der Waals surface area (Å²) in [5.74, 6) is 0. The zero-order valence-electron chi connectivity index (χ0n) is 3.17. The Morgan fingerprint density at radius 3 is 0.429 bits per heavy atom. The summed E-state index contributed by atoms with van der Waals surface area (Å²) in [4.78, 5) is 0. The van der Waals surface area contributed by atoms with Gasteiger partial charge in [0.1, 0.15) is 0 Å². The van der Waals surface area contributed by atoms with Crippen molar-refractivity contribution in [1.29, 1.82) is 0 Å². The summed E-state index contributed by atoms with van der Waals surface area (Å²) in [5.41, 5.74) is 0. The van der Waals surface area contributed by atoms with E-state index in [0.717, 1.165) is 0 Å². The van der Waals surface area contributed by atoms with E-state index in [9.17, 15) is 0 Å². The minimum Gasteiger partial charge on any atom is -1.00 e. The van der Waals surface area contributed by atoms with Gasteiger partial charge in [0.25, 0.3) is 0 Å². The third kappa shape index (κ3) is 1040. The number of hydrogen-bond acceptors (Lipinski definition) is 0. The Morgan fingerprint density at radius 1 is 0.429 bits per heavy atom. The van der Waals surface area contributed by atoms with Crippen molar-refractivity contribution in [3.05, 3.63) is 0 Å². The summed E-state index contributed by atoms with van der Waals surface area (Å²) in [7, 11) is 0. The fourth-order valence-electron chi connectivity index (χ4n) is 0. The van der Waals surface area contributed by atoms with E-state index >= 15 is 0 Å². The van der Waals surface area contributed by atoms with Crippen molar-refractivity contribution in [3.63, 3.8) is 0 Å². The largest absolute Gasteiger partial charge is 3.00 e. The van der Waals surface area contributed by atoms with Crippen molar-refractivity contribution in [2.45, 2.75) is 0 Å². The Labute approximate surface area is 52.2 Å². The van der Waals surface area contributed by atoms with Gasteiger partial charge in [0.2, 0.25) is 0 Å². The van der Waals surface area contributed by atoms with E-state index in [1.165, 1.54) is 0 Å². The third-order valence-electron chi connectivity index (χ3n) is 0. The van der Waals surface area contributed by atoms with Gasteiger partial charge in [0.15, 0.2) is 0 Å². The zero-order chi connectivity index (χ0) is 0. The van der Waals surface area contributed by atoms with Crippen molar-refractivity contribution in [2.75, 3.05) is 0 Å². The van der Waals surface area contributed by atoms with Gasteiger partial charge < -0.3 is 23.5 Å². The summed E-state index contributed by atoms with van der Waals surface area (Å²) >= 11 is 0. The molecule has 7 heteroatoms. The van der Waals surface area contributed by atoms with Crippen LogP contribution in [0.2, 0.25) is 0 Å². The maximum absolute atomic E-state index is 0. The second kappa shape index (κ2) is 1580. The minimum atomic E-state index is 0. The van der Waals surface area contributed by atoms with Crippen LogP contribution in [0.25, 0.3) is 0 Å². The first kappa shape index (κ1) is 2580. The first-order chi connectivity index (χ1) is 0. The molecule has 0 radical (unpaired) electrons. The molecule has 0 saturated carbocycles. The number of hydrogen-bond donors (Lipinski definition) is 0. The average molecular weight is 171 g/mol. The predicted molar refractivity (Wildman–Crippen MR) is 5.75 cm³/mol. The van der Waals surface area contributed by atoms with E-state index in [1.807, 2.05) is 0 Å². The molecular formula is BF5Zn. The van der Waals surface area contributed by atoms with E-state index in [1.54, 1.807) is 0 Å². The Bertz CT molecular complexity index is 8.04. The Morgan fingerprint density at radius 2 is 0.429 bits per heavy atom. The van der Waals surface area contributed by atoms with Gasteiger partial charge in [-0.2, -0.15) is 0 Å². The van der Waals surface area contributed by atoms with Crippen LogP contribution < -0.4 is 23.5 Å². The molecule has 0 unspecified atom stereocenters. The summed E-state index contributed by atoms with van der Waals surface area (Å²) in [6.45, 7) is 0. The summed E-state index contributed by atoms with van der Waals surface area (Å²) in [6.07, 6.45) is 0. The second-order valence-electron chi connectivity index (χ2n) is 0. The summed E-state index contributed by atoms with van der Waals surface area (Å²) in [6, 6.07) is 0. The van der Waals surface area contributed by atoms with Gasteiger partial charge in [-0.1, -0.05) is 0 Å². The van der Waals surface area contributed by atoms with E-state index in [4.69, 9.17) is 0 Å². The van der Waals surface area contributed by atoms with Crippen LogP contribution in [0.4, 0.5) is 0 Å². The van der Waals surface area contributed by atoms with Gasteiger partial charge in [-0.15, -0.1) is 0 Å². The molecule has 0 bridgehead atoms. The molecule has 0 heterocycles. The van der Waals surface area contributed by atoms with Crippen LogP contribution in [0.15, 0.2) is 0 Å². The first-order valence-electron chi connectivity index (χ1n) is 0. The average Bonchev–Trinajstić information content (AvgIpc) is 0.